The van der Waals surface area contributed by atoms with Gasteiger partial charge in [0.1, 0.15) is 12.3 Å². The molecule has 0 aliphatic carbocycles. The van der Waals surface area contributed by atoms with Crippen LogP contribution in [0.3, 0.4) is 0 Å². The van der Waals surface area contributed by atoms with Crippen LogP contribution in [-0.2, 0) is 14.3 Å². The molecule has 1 aromatic carbocycles. The average molecular weight is 345 g/mol. The van der Waals surface area contributed by atoms with Gasteiger partial charge >= 0.3 is 5.97 Å². The topological polar surface area (TPSA) is 102 Å². The lowest BCUT2D eigenvalue weighted by molar-refractivity contribution is -0.120. The zero-order chi connectivity index (χ0) is 18.4. The van der Waals surface area contributed by atoms with Gasteiger partial charge in [-0.05, 0) is 38.1 Å². The number of anilines is 2. The van der Waals surface area contributed by atoms with Gasteiger partial charge in [-0.1, -0.05) is 5.16 Å². The molecule has 132 valence electrons. The molecule has 0 fully saturated rings. The van der Waals surface area contributed by atoms with Gasteiger partial charge in [-0.15, -0.1) is 0 Å². The molecule has 2 amide bonds. The molecule has 0 spiro atoms. The Hall–Kier alpha value is -3.16. The second kappa shape index (κ2) is 8.09. The van der Waals surface area contributed by atoms with Crippen molar-refractivity contribution in [1.29, 1.82) is 0 Å². The summed E-state index contributed by atoms with van der Waals surface area (Å²) >= 11 is 0. The molecule has 1 N–H and O–H groups in total. The standard InChI is InChI=1S/C17H19N3O5/c1-4-24-17(23)13-5-7-14(8-6-13)18-16(22)10-20(12(3)21)15-9-11(2)25-19-15/h5-9H,4,10H2,1-3H3,(H,18,22). The maximum absolute atomic E-state index is 12.2. The van der Waals surface area contributed by atoms with Crippen molar-refractivity contribution in [2.24, 2.45) is 0 Å². The number of carbonyl (C=O) groups is 3. The first-order valence-electron chi connectivity index (χ1n) is 7.69. The van der Waals surface area contributed by atoms with Gasteiger partial charge in [0.15, 0.2) is 5.82 Å². The molecular formula is C17H19N3O5. The van der Waals surface area contributed by atoms with E-state index >= 15 is 0 Å². The number of aromatic nitrogens is 1. The van der Waals surface area contributed by atoms with E-state index in [2.05, 4.69) is 10.5 Å². The van der Waals surface area contributed by atoms with Crippen molar-refractivity contribution >= 4 is 29.3 Å². The third-order valence-corrected chi connectivity index (χ3v) is 3.25. The first-order valence-corrected chi connectivity index (χ1v) is 7.69. The third-order valence-electron chi connectivity index (χ3n) is 3.25. The van der Waals surface area contributed by atoms with E-state index in [9.17, 15) is 14.4 Å². The van der Waals surface area contributed by atoms with Crippen molar-refractivity contribution < 1.29 is 23.6 Å². The van der Waals surface area contributed by atoms with Gasteiger partial charge < -0.3 is 14.6 Å². The smallest absolute Gasteiger partial charge is 0.338 e. The molecule has 0 aliphatic rings. The number of aryl methyl sites for hydroxylation is 1. The van der Waals surface area contributed by atoms with Crippen LogP contribution in [0.1, 0.15) is 30.0 Å². The quantitative estimate of drug-likeness (QED) is 0.805. The maximum Gasteiger partial charge on any atom is 0.338 e. The summed E-state index contributed by atoms with van der Waals surface area (Å²) in [5.41, 5.74) is 0.890. The van der Waals surface area contributed by atoms with Crippen molar-refractivity contribution in [3.63, 3.8) is 0 Å². The Balaban J connectivity index is 2.01. The molecule has 0 unspecified atom stereocenters. The van der Waals surface area contributed by atoms with Crippen LogP contribution in [0.2, 0.25) is 0 Å². The molecule has 0 bridgehead atoms. The number of benzene rings is 1. The van der Waals surface area contributed by atoms with Crippen molar-refractivity contribution in [2.75, 3.05) is 23.4 Å². The summed E-state index contributed by atoms with van der Waals surface area (Å²) in [5, 5.41) is 6.40. The minimum atomic E-state index is -0.426. The summed E-state index contributed by atoms with van der Waals surface area (Å²) in [5.74, 6) is -0.348. The molecule has 2 aromatic rings. The second-order valence-electron chi connectivity index (χ2n) is 5.25. The number of carbonyl (C=O) groups excluding carboxylic acids is 3. The zero-order valence-electron chi connectivity index (χ0n) is 14.2. The molecule has 25 heavy (non-hydrogen) atoms. The van der Waals surface area contributed by atoms with Crippen LogP contribution in [-0.4, -0.2) is 36.1 Å². The van der Waals surface area contributed by atoms with E-state index < -0.39 is 11.9 Å². The van der Waals surface area contributed by atoms with Crippen molar-refractivity contribution in [2.45, 2.75) is 20.8 Å². The number of esters is 1. The molecular weight excluding hydrogens is 326 g/mol. The van der Waals surface area contributed by atoms with Gasteiger partial charge in [-0.25, -0.2) is 4.79 Å². The summed E-state index contributed by atoms with van der Waals surface area (Å²) in [6.45, 7) is 4.84. The molecule has 8 heteroatoms. The molecule has 8 nitrogen and oxygen atoms in total. The summed E-state index contributed by atoms with van der Waals surface area (Å²) < 4.78 is 9.82. The van der Waals surface area contributed by atoms with Crippen LogP contribution < -0.4 is 10.2 Å². The Kier molecular flexibility index (Phi) is 5.89. The van der Waals surface area contributed by atoms with Gasteiger partial charge in [0.05, 0.1) is 12.2 Å². The lowest BCUT2D eigenvalue weighted by Gasteiger charge is -2.17. The molecule has 0 radical (unpaired) electrons. The van der Waals surface area contributed by atoms with Crippen LogP contribution in [0.4, 0.5) is 11.5 Å². The second-order valence-corrected chi connectivity index (χ2v) is 5.25. The normalized spacial score (nSPS) is 10.2. The highest BCUT2D eigenvalue weighted by atomic mass is 16.5. The number of rotatable bonds is 6. The van der Waals surface area contributed by atoms with Gasteiger partial charge in [-0.3, -0.25) is 14.5 Å². The van der Waals surface area contributed by atoms with Crippen LogP contribution in [0, 0.1) is 6.92 Å². The number of amides is 2. The lowest BCUT2D eigenvalue weighted by Crippen LogP contribution is -2.36. The van der Waals surface area contributed by atoms with Gasteiger partial charge in [0, 0.05) is 18.7 Å². The number of hydrogen-bond donors (Lipinski definition) is 1. The molecule has 1 heterocycles. The fourth-order valence-electron chi connectivity index (χ4n) is 2.08. The van der Waals surface area contributed by atoms with Crippen molar-refractivity contribution in [3.05, 3.63) is 41.7 Å². The van der Waals surface area contributed by atoms with Gasteiger partial charge in [0.25, 0.3) is 0 Å². The third kappa shape index (κ3) is 4.90. The van der Waals surface area contributed by atoms with E-state index in [1.165, 1.54) is 11.8 Å². The van der Waals surface area contributed by atoms with E-state index in [1.807, 2.05) is 0 Å². The maximum atomic E-state index is 12.2. The van der Waals surface area contributed by atoms with E-state index in [4.69, 9.17) is 9.26 Å². The monoisotopic (exact) mass is 345 g/mol. The molecule has 1 aromatic heterocycles. The SMILES string of the molecule is CCOC(=O)c1ccc(NC(=O)CN(C(C)=O)c2cc(C)on2)cc1. The number of ether oxygens (including phenoxy) is 1. The Morgan fingerprint density at radius 1 is 1.24 bits per heavy atom. The van der Waals surface area contributed by atoms with Crippen LogP contribution in [0.15, 0.2) is 34.9 Å². The highest BCUT2D eigenvalue weighted by Crippen LogP contribution is 2.15. The van der Waals surface area contributed by atoms with Crippen molar-refractivity contribution in [1.82, 2.24) is 5.16 Å². The fourth-order valence-corrected chi connectivity index (χ4v) is 2.08. The summed E-state index contributed by atoms with van der Waals surface area (Å²) in [4.78, 5) is 36.7. The van der Waals surface area contributed by atoms with E-state index in [0.717, 1.165) is 0 Å². The Morgan fingerprint density at radius 3 is 2.44 bits per heavy atom. The zero-order valence-corrected chi connectivity index (χ0v) is 14.2. The first-order chi connectivity index (χ1) is 11.9. The molecule has 2 rings (SSSR count). The number of nitrogens with zero attached hydrogens (tertiary/aromatic N) is 2. The Morgan fingerprint density at radius 2 is 1.92 bits per heavy atom. The average Bonchev–Trinajstić information content (AvgIpc) is 2.99. The largest absolute Gasteiger partial charge is 0.462 e. The van der Waals surface area contributed by atoms with Crippen LogP contribution in [0.5, 0.6) is 0 Å². The summed E-state index contributed by atoms with van der Waals surface area (Å²) in [6, 6.07) is 7.85. The minimum absolute atomic E-state index is 0.207. The predicted octanol–water partition coefficient (Wildman–Crippen LogP) is 2.15. The van der Waals surface area contributed by atoms with Gasteiger partial charge in [-0.2, -0.15) is 0 Å². The minimum Gasteiger partial charge on any atom is -0.462 e. The molecule has 0 aliphatic heterocycles. The lowest BCUT2D eigenvalue weighted by atomic mass is 10.2. The van der Waals surface area contributed by atoms with Crippen molar-refractivity contribution in [3.8, 4) is 0 Å². The van der Waals surface area contributed by atoms with E-state index in [1.54, 1.807) is 44.2 Å². The summed E-state index contributed by atoms with van der Waals surface area (Å²) in [6.07, 6.45) is 0. The summed E-state index contributed by atoms with van der Waals surface area (Å²) in [7, 11) is 0. The molecule has 0 saturated carbocycles. The Bertz CT molecular complexity index is 767. The van der Waals surface area contributed by atoms with E-state index in [0.29, 0.717) is 23.6 Å². The van der Waals surface area contributed by atoms with Crippen LogP contribution in [0.25, 0.3) is 0 Å². The number of nitrogens with one attached hydrogen (secondary N) is 1. The Labute approximate surface area is 144 Å². The molecule has 0 atom stereocenters. The van der Waals surface area contributed by atoms with Crippen LogP contribution >= 0.6 is 0 Å². The predicted molar refractivity (Wildman–Crippen MR) is 90.3 cm³/mol. The van der Waals surface area contributed by atoms with E-state index in [-0.39, 0.29) is 18.3 Å². The highest BCUT2D eigenvalue weighted by Gasteiger charge is 2.19. The first kappa shape index (κ1) is 18.2. The number of hydrogen-bond acceptors (Lipinski definition) is 6. The van der Waals surface area contributed by atoms with Gasteiger partial charge in [0.2, 0.25) is 11.8 Å². The highest BCUT2D eigenvalue weighted by molar-refractivity contribution is 6.01. The molecule has 0 saturated heterocycles. The fraction of sp³-hybridized carbons (Fsp3) is 0.294.